The molecule has 0 bridgehead atoms. The molecule has 3 aromatic heterocycles. The number of nitrogens with one attached hydrogen (secondary N) is 3. The van der Waals surface area contributed by atoms with Crippen LogP contribution in [0.4, 0.5) is 5.95 Å². The number of pyridine rings is 1. The number of nitrogens with zero attached hydrogens (tertiary/aromatic N) is 3. The van der Waals surface area contributed by atoms with E-state index in [9.17, 15) is 4.79 Å². The molecule has 0 unspecified atom stereocenters. The highest BCUT2D eigenvalue weighted by Crippen LogP contribution is 2.12. The van der Waals surface area contributed by atoms with Gasteiger partial charge in [0.25, 0.3) is 5.56 Å². The molecular weight excluding hydrogens is 324 g/mol. The van der Waals surface area contributed by atoms with Gasteiger partial charge < -0.3 is 10.3 Å². The van der Waals surface area contributed by atoms with Crippen molar-refractivity contribution in [3.8, 4) is 0 Å². The molecule has 0 aliphatic rings. The maximum atomic E-state index is 12.1. The van der Waals surface area contributed by atoms with E-state index >= 15 is 0 Å². The lowest BCUT2D eigenvalue weighted by Crippen LogP contribution is -2.17. The zero-order chi connectivity index (χ0) is 16.6. The van der Waals surface area contributed by atoms with E-state index in [1.165, 1.54) is 0 Å². The van der Waals surface area contributed by atoms with Crippen LogP contribution >= 0.6 is 11.8 Å². The quantitative estimate of drug-likeness (QED) is 0.428. The van der Waals surface area contributed by atoms with Crippen molar-refractivity contribution in [2.75, 3.05) is 17.6 Å². The minimum absolute atomic E-state index is 0.124. The molecule has 0 amide bonds. The Morgan fingerprint density at radius 3 is 2.92 bits per heavy atom. The zero-order valence-electron chi connectivity index (χ0n) is 13.0. The number of imidazole rings is 1. The van der Waals surface area contributed by atoms with Gasteiger partial charge >= 0.3 is 0 Å². The number of hydrogen-bond donors (Lipinski definition) is 3. The summed E-state index contributed by atoms with van der Waals surface area (Å²) in [5.41, 5.74) is 1.49. The van der Waals surface area contributed by atoms with Gasteiger partial charge in [0.2, 0.25) is 5.95 Å². The standard InChI is InChI=1S/C16H18N6OS/c23-14-13(9-12-3-1-4-17-10-12)11-21-15(22-14)18-5-2-8-24-16-19-6-7-20-16/h1,3-4,6-7,10-11H,2,5,8-9H2,(H,19,20)(H2,18,21,22,23). The number of thioether (sulfide) groups is 1. The lowest BCUT2D eigenvalue weighted by molar-refractivity contribution is 0.938. The molecule has 3 aromatic rings. The van der Waals surface area contributed by atoms with E-state index in [1.54, 1.807) is 36.5 Å². The second-order valence-electron chi connectivity index (χ2n) is 5.15. The SMILES string of the molecule is O=c1[nH]c(NCCCSc2ncc[nH]2)ncc1Cc1cccnc1. The van der Waals surface area contributed by atoms with Gasteiger partial charge in [0.05, 0.1) is 0 Å². The number of anilines is 1. The van der Waals surface area contributed by atoms with Crippen LogP contribution < -0.4 is 10.9 Å². The molecule has 0 spiro atoms. The van der Waals surface area contributed by atoms with E-state index in [0.717, 1.165) is 29.4 Å². The Morgan fingerprint density at radius 1 is 1.21 bits per heavy atom. The number of aromatic nitrogens is 5. The van der Waals surface area contributed by atoms with Crippen molar-refractivity contribution in [3.05, 3.63) is 64.6 Å². The maximum absolute atomic E-state index is 12.1. The molecule has 0 aromatic carbocycles. The van der Waals surface area contributed by atoms with Crippen molar-refractivity contribution in [1.29, 1.82) is 0 Å². The minimum atomic E-state index is -0.124. The molecule has 124 valence electrons. The van der Waals surface area contributed by atoms with E-state index in [1.807, 2.05) is 18.3 Å². The van der Waals surface area contributed by atoms with Gasteiger partial charge in [0.1, 0.15) is 0 Å². The van der Waals surface area contributed by atoms with Crippen molar-refractivity contribution in [1.82, 2.24) is 24.9 Å². The Hall–Kier alpha value is -2.61. The summed E-state index contributed by atoms with van der Waals surface area (Å²) in [6.07, 6.45) is 10.1. The highest BCUT2D eigenvalue weighted by atomic mass is 32.2. The van der Waals surface area contributed by atoms with Crippen LogP contribution in [0.2, 0.25) is 0 Å². The zero-order valence-corrected chi connectivity index (χ0v) is 13.8. The van der Waals surface area contributed by atoms with E-state index in [0.29, 0.717) is 17.9 Å². The summed E-state index contributed by atoms with van der Waals surface area (Å²) in [4.78, 5) is 30.4. The predicted octanol–water partition coefficient (Wildman–Crippen LogP) is 2.07. The number of hydrogen-bond acceptors (Lipinski definition) is 6. The summed E-state index contributed by atoms with van der Waals surface area (Å²) in [6, 6.07) is 3.79. The normalized spacial score (nSPS) is 10.7. The molecule has 0 fully saturated rings. The summed E-state index contributed by atoms with van der Waals surface area (Å²) < 4.78 is 0. The van der Waals surface area contributed by atoms with Gasteiger partial charge in [-0.15, -0.1) is 0 Å². The molecular formula is C16H18N6OS. The highest BCUT2D eigenvalue weighted by Gasteiger charge is 2.04. The lowest BCUT2D eigenvalue weighted by Gasteiger charge is -2.06. The number of rotatable bonds is 8. The number of H-pyrrole nitrogens is 2. The van der Waals surface area contributed by atoms with E-state index in [-0.39, 0.29) is 5.56 Å². The van der Waals surface area contributed by atoms with Crippen LogP contribution in [-0.2, 0) is 6.42 Å². The molecule has 0 radical (unpaired) electrons. The monoisotopic (exact) mass is 342 g/mol. The van der Waals surface area contributed by atoms with Crippen molar-refractivity contribution in [3.63, 3.8) is 0 Å². The molecule has 7 nitrogen and oxygen atoms in total. The van der Waals surface area contributed by atoms with Gasteiger partial charge in [-0.25, -0.2) is 9.97 Å². The molecule has 8 heteroatoms. The van der Waals surface area contributed by atoms with E-state index in [2.05, 4.69) is 30.2 Å². The molecule has 0 saturated carbocycles. The Morgan fingerprint density at radius 2 is 2.17 bits per heavy atom. The van der Waals surface area contributed by atoms with Crippen LogP contribution in [-0.4, -0.2) is 37.2 Å². The van der Waals surface area contributed by atoms with Gasteiger partial charge in [-0.3, -0.25) is 14.8 Å². The fourth-order valence-electron chi connectivity index (χ4n) is 2.14. The molecule has 3 N–H and O–H groups in total. The fraction of sp³-hybridized carbons (Fsp3) is 0.250. The van der Waals surface area contributed by atoms with Crippen LogP contribution in [0.5, 0.6) is 0 Å². The van der Waals surface area contributed by atoms with Gasteiger partial charge in [-0.2, -0.15) is 0 Å². The Kier molecular flexibility index (Phi) is 5.62. The molecule has 24 heavy (non-hydrogen) atoms. The Bertz CT molecular complexity index is 803. The van der Waals surface area contributed by atoms with E-state index in [4.69, 9.17) is 0 Å². The predicted molar refractivity (Wildman–Crippen MR) is 94.3 cm³/mol. The summed E-state index contributed by atoms with van der Waals surface area (Å²) in [5, 5.41) is 4.05. The van der Waals surface area contributed by atoms with Gasteiger partial charge in [-0.1, -0.05) is 17.8 Å². The largest absolute Gasteiger partial charge is 0.356 e. The average Bonchev–Trinajstić information content (AvgIpc) is 3.11. The number of aromatic amines is 2. The summed E-state index contributed by atoms with van der Waals surface area (Å²) in [7, 11) is 0. The van der Waals surface area contributed by atoms with Crippen molar-refractivity contribution >= 4 is 17.7 Å². The second kappa shape index (κ2) is 8.30. The van der Waals surface area contributed by atoms with Crippen molar-refractivity contribution in [2.45, 2.75) is 18.0 Å². The molecule has 0 aliphatic carbocycles. The Labute approximate surface area is 143 Å². The summed E-state index contributed by atoms with van der Waals surface area (Å²) in [5.74, 6) is 1.43. The third kappa shape index (κ3) is 4.69. The fourth-order valence-corrected chi connectivity index (χ4v) is 2.91. The molecule has 0 saturated heterocycles. The van der Waals surface area contributed by atoms with Crippen LogP contribution in [0, 0.1) is 0 Å². The van der Waals surface area contributed by atoms with Gasteiger partial charge in [0.15, 0.2) is 5.16 Å². The molecule has 3 rings (SSSR count). The Balaban J connectivity index is 1.47. The smallest absolute Gasteiger partial charge is 0.255 e. The molecule has 0 atom stereocenters. The van der Waals surface area contributed by atoms with Gasteiger partial charge in [-0.05, 0) is 18.1 Å². The van der Waals surface area contributed by atoms with Crippen molar-refractivity contribution in [2.24, 2.45) is 0 Å². The topological polar surface area (TPSA) is 99.3 Å². The van der Waals surface area contributed by atoms with Crippen LogP contribution in [0.3, 0.4) is 0 Å². The first-order valence-corrected chi connectivity index (χ1v) is 8.63. The first kappa shape index (κ1) is 16.3. The van der Waals surface area contributed by atoms with Crippen LogP contribution in [0.25, 0.3) is 0 Å². The molecule has 3 heterocycles. The third-order valence-corrected chi connectivity index (χ3v) is 4.31. The van der Waals surface area contributed by atoms with Crippen LogP contribution in [0.1, 0.15) is 17.5 Å². The summed E-state index contributed by atoms with van der Waals surface area (Å²) in [6.45, 7) is 0.735. The maximum Gasteiger partial charge on any atom is 0.255 e. The second-order valence-corrected chi connectivity index (χ2v) is 6.23. The third-order valence-electron chi connectivity index (χ3n) is 3.32. The minimum Gasteiger partial charge on any atom is -0.356 e. The van der Waals surface area contributed by atoms with Crippen LogP contribution in [0.15, 0.2) is 53.1 Å². The highest BCUT2D eigenvalue weighted by molar-refractivity contribution is 7.99. The molecule has 0 aliphatic heterocycles. The van der Waals surface area contributed by atoms with Crippen molar-refractivity contribution < 1.29 is 0 Å². The van der Waals surface area contributed by atoms with E-state index < -0.39 is 0 Å². The van der Waals surface area contributed by atoms with Gasteiger partial charge in [0, 0.05) is 55.3 Å². The lowest BCUT2D eigenvalue weighted by atomic mass is 10.1. The first-order chi connectivity index (χ1) is 11.8. The average molecular weight is 342 g/mol. The summed E-state index contributed by atoms with van der Waals surface area (Å²) >= 11 is 1.66. The first-order valence-electron chi connectivity index (χ1n) is 7.64.